The van der Waals surface area contributed by atoms with Crippen molar-refractivity contribution in [2.75, 3.05) is 0 Å². The normalized spacial score (nSPS) is 12.9. The second kappa shape index (κ2) is 17.9. The number of hydrogen-bond donors (Lipinski definition) is 0. The van der Waals surface area contributed by atoms with Gasteiger partial charge in [-0.3, -0.25) is 0 Å². The summed E-state index contributed by atoms with van der Waals surface area (Å²) in [5.74, 6) is 7.00. The van der Waals surface area contributed by atoms with E-state index in [1.807, 2.05) is 72.8 Å². The van der Waals surface area contributed by atoms with Crippen molar-refractivity contribution in [3.8, 4) is 0 Å². The Balaban J connectivity index is -0.000000550. The first kappa shape index (κ1) is 40.0. The molecule has 0 saturated heterocycles. The summed E-state index contributed by atoms with van der Waals surface area (Å²) in [6.45, 7) is 0. The van der Waals surface area contributed by atoms with Crippen LogP contribution in [0.2, 0.25) is 23.3 Å². The van der Waals surface area contributed by atoms with Gasteiger partial charge in [0, 0.05) is 0 Å². The summed E-state index contributed by atoms with van der Waals surface area (Å²) in [5.41, 5.74) is 0. The van der Waals surface area contributed by atoms with Crippen molar-refractivity contribution < 1.29 is 42.7 Å². The molecule has 0 aliphatic rings. The minimum atomic E-state index is -1.98. The van der Waals surface area contributed by atoms with Crippen molar-refractivity contribution in [2.24, 2.45) is 0 Å². The van der Waals surface area contributed by atoms with Crippen LogP contribution < -0.4 is 17.8 Å². The molecular weight excluding hydrogens is 748 g/mol. The molecule has 0 spiro atoms. The molecule has 10 N–H and O–H groups in total. The Morgan fingerprint density at radius 3 is 0.730 bits per heavy atom. The molecule has 208 valence electrons. The third-order valence-electron chi connectivity index (χ3n) is 4.90. The molecular formula is C24H34O9Se4. The largest absolute Gasteiger partial charge is 0.412 e. The van der Waals surface area contributed by atoms with Gasteiger partial charge in [-0.15, -0.1) is 0 Å². The van der Waals surface area contributed by atoms with Crippen molar-refractivity contribution in [2.45, 2.75) is 23.3 Å². The molecule has 9 nitrogen and oxygen atoms in total. The van der Waals surface area contributed by atoms with Crippen LogP contribution in [0.15, 0.2) is 72.8 Å². The van der Waals surface area contributed by atoms with Gasteiger partial charge in [-0.1, -0.05) is 0 Å². The number of hydrogen-bond acceptors (Lipinski definition) is 4. The van der Waals surface area contributed by atoms with Crippen LogP contribution in [0.25, 0.3) is 21.5 Å². The van der Waals surface area contributed by atoms with E-state index in [1.54, 1.807) is 23.3 Å². The molecule has 37 heavy (non-hydrogen) atoms. The Morgan fingerprint density at radius 2 is 0.568 bits per heavy atom. The van der Waals surface area contributed by atoms with E-state index in [0.717, 1.165) is 39.4 Å². The molecule has 0 heterocycles. The van der Waals surface area contributed by atoms with Crippen LogP contribution >= 0.6 is 0 Å². The van der Waals surface area contributed by atoms with E-state index in [2.05, 4.69) is 0 Å². The predicted molar refractivity (Wildman–Crippen MR) is 154 cm³/mol. The molecule has 13 heteroatoms. The quantitative estimate of drug-likeness (QED) is 0.228. The summed E-state index contributed by atoms with van der Waals surface area (Å²) in [6, 6.07) is 23.1. The molecule has 0 bridgehead atoms. The van der Waals surface area contributed by atoms with Crippen molar-refractivity contribution in [1.29, 1.82) is 0 Å². The van der Waals surface area contributed by atoms with E-state index in [0.29, 0.717) is 0 Å². The zero-order valence-electron chi connectivity index (χ0n) is 20.7. The summed E-state index contributed by atoms with van der Waals surface area (Å²) in [7, 11) is 0. The Labute approximate surface area is 232 Å². The molecule has 0 radical (unpaired) electrons. The Bertz CT molecular complexity index is 1200. The summed E-state index contributed by atoms with van der Waals surface area (Å²) >= 11 is -7.94. The maximum atomic E-state index is 11.8. The van der Waals surface area contributed by atoms with Gasteiger partial charge in [-0.25, -0.2) is 0 Å². The zero-order valence-corrected chi connectivity index (χ0v) is 27.5. The van der Waals surface area contributed by atoms with Crippen molar-refractivity contribution in [1.82, 2.24) is 0 Å². The first-order valence-electron chi connectivity index (χ1n) is 9.59. The van der Waals surface area contributed by atoms with Gasteiger partial charge in [-0.2, -0.15) is 0 Å². The molecule has 0 fully saturated rings. The van der Waals surface area contributed by atoms with E-state index in [1.165, 1.54) is 0 Å². The van der Waals surface area contributed by atoms with Gasteiger partial charge in [0.2, 0.25) is 0 Å². The number of fused-ring (bicyclic) bond motifs is 2. The molecule has 0 aliphatic carbocycles. The molecule has 0 aromatic heterocycles. The molecule has 0 aliphatic heterocycles. The summed E-state index contributed by atoms with van der Waals surface area (Å²) < 4.78 is 50.5. The van der Waals surface area contributed by atoms with Crippen molar-refractivity contribution in [3.05, 3.63) is 72.8 Å². The smallest absolute Gasteiger partial charge is 0.412 e. The average Bonchev–Trinajstić information content (AvgIpc) is 2.77. The van der Waals surface area contributed by atoms with Crippen molar-refractivity contribution in [3.63, 3.8) is 0 Å². The minimum absolute atomic E-state index is 0. The monoisotopic (exact) mass is 786 g/mol. The van der Waals surface area contributed by atoms with E-state index in [-0.39, 0.29) is 27.4 Å². The fourth-order valence-corrected chi connectivity index (χ4v) is 10.8. The molecule has 4 unspecified atom stereocenters. The molecule has 0 amide bonds. The topological polar surface area (TPSA) is 226 Å². The Morgan fingerprint density at radius 1 is 0.378 bits per heavy atom. The third kappa shape index (κ3) is 9.32. The number of rotatable bonds is 4. The van der Waals surface area contributed by atoms with Crippen molar-refractivity contribution >= 4 is 94.7 Å². The summed E-state index contributed by atoms with van der Waals surface area (Å²) in [6.07, 6.45) is 0. The fraction of sp³-hybridized carbons (Fsp3) is 0.167. The van der Waals surface area contributed by atoms with Gasteiger partial charge in [0.15, 0.2) is 0 Å². The first-order chi connectivity index (χ1) is 15.2. The Hall–Kier alpha value is -1.52. The van der Waals surface area contributed by atoms with Gasteiger partial charge in [0.05, 0.1) is 0 Å². The van der Waals surface area contributed by atoms with Gasteiger partial charge in [0.1, 0.15) is 0 Å². The molecule has 4 rings (SSSR count). The minimum Gasteiger partial charge on any atom is -0.412 e. The van der Waals surface area contributed by atoms with Gasteiger partial charge in [-0.05, 0) is 0 Å². The summed E-state index contributed by atoms with van der Waals surface area (Å²) in [4.78, 5) is 0. The van der Waals surface area contributed by atoms with E-state index in [4.69, 9.17) is 0 Å². The molecule has 4 atom stereocenters. The van der Waals surface area contributed by atoms with Gasteiger partial charge >= 0.3 is 206 Å². The zero-order chi connectivity index (χ0) is 23.4. The maximum absolute atomic E-state index is 11.8. The second-order valence-electron chi connectivity index (χ2n) is 7.04. The van der Waals surface area contributed by atoms with E-state index in [9.17, 15) is 15.3 Å². The maximum Gasteiger partial charge on any atom is -0.412 e. The summed E-state index contributed by atoms with van der Waals surface area (Å²) in [5, 5.41) is 3.98. The predicted octanol–water partition coefficient (Wildman–Crippen LogP) is -1.41. The van der Waals surface area contributed by atoms with Crippen LogP contribution in [0.5, 0.6) is 0 Å². The van der Waals surface area contributed by atoms with Crippen LogP contribution in [0.3, 0.4) is 0 Å². The van der Waals surface area contributed by atoms with Gasteiger partial charge < -0.3 is 27.4 Å². The fourth-order valence-electron chi connectivity index (χ4n) is 3.50. The van der Waals surface area contributed by atoms with Crippen LogP contribution in [-0.4, -0.2) is 82.7 Å². The molecule has 0 saturated carbocycles. The number of benzene rings is 4. The second-order valence-corrected chi connectivity index (χ2v) is 18.4. The van der Waals surface area contributed by atoms with E-state index < -0.39 is 55.3 Å². The van der Waals surface area contributed by atoms with Crippen LogP contribution in [-0.2, 0) is 15.3 Å². The van der Waals surface area contributed by atoms with Crippen LogP contribution in [0.1, 0.15) is 0 Å². The van der Waals surface area contributed by atoms with Crippen LogP contribution in [0.4, 0.5) is 0 Å². The standard InChI is InChI=1S/2C12H12O2Se2.5H2O/c2*1-15(13)10-7-3-5-9-6-4-8-11(12(9)10)16(2)14;;;;;/h2*3-8H,1-2H3;5*1H2. The third-order valence-corrected chi connectivity index (χ3v) is 12.9. The van der Waals surface area contributed by atoms with E-state index >= 15 is 0 Å². The van der Waals surface area contributed by atoms with Gasteiger partial charge in [0.25, 0.3) is 0 Å². The SMILES string of the molecule is C[Se](=O)c1cccc2cccc([Se](C)=O)c12.C[Se](=O)c1cccc2cccc([Se](C)=O)c12.O.O.O.O.O. The average molecular weight is 782 g/mol. The molecule has 4 aromatic rings. The molecule has 4 aromatic carbocycles. The first-order valence-corrected chi connectivity index (χ1v) is 22.7. The van der Waals surface area contributed by atoms with Crippen LogP contribution in [0, 0.1) is 0 Å². The Kier molecular flexibility index (Phi) is 19.3.